The molecule has 2 aromatic rings. The number of halogens is 1. The Morgan fingerprint density at radius 3 is 2.70 bits per heavy atom. The summed E-state index contributed by atoms with van der Waals surface area (Å²) in [4.78, 5) is 17.1. The molecule has 0 N–H and O–H groups in total. The maximum Gasteiger partial charge on any atom is 0.186 e. The van der Waals surface area contributed by atoms with Crippen molar-refractivity contribution in [3.63, 3.8) is 0 Å². The van der Waals surface area contributed by atoms with E-state index in [0.29, 0.717) is 5.57 Å². The Morgan fingerprint density at radius 1 is 0.957 bits per heavy atom. The molecule has 0 unspecified atom stereocenters. The SMILES string of the molecule is O=C1C=CC=C2C1=Cc1ccccc1C2=Nc1cccc(Br)c1. The van der Waals surface area contributed by atoms with Crippen molar-refractivity contribution in [1.82, 2.24) is 0 Å². The average Bonchev–Trinajstić information content (AvgIpc) is 2.56. The van der Waals surface area contributed by atoms with Gasteiger partial charge in [-0.25, -0.2) is 4.99 Å². The van der Waals surface area contributed by atoms with Gasteiger partial charge in [-0.05, 0) is 35.9 Å². The van der Waals surface area contributed by atoms with Gasteiger partial charge in [0.15, 0.2) is 5.78 Å². The molecule has 0 radical (unpaired) electrons. The highest BCUT2D eigenvalue weighted by Gasteiger charge is 2.26. The molecule has 2 aliphatic carbocycles. The Kier molecular flexibility index (Phi) is 3.43. The molecule has 0 fully saturated rings. The summed E-state index contributed by atoms with van der Waals surface area (Å²) in [6, 6.07) is 15.9. The van der Waals surface area contributed by atoms with Crippen molar-refractivity contribution < 1.29 is 4.79 Å². The molecule has 2 aromatic carbocycles. The summed E-state index contributed by atoms with van der Waals surface area (Å²) in [5, 5.41) is 0. The number of allylic oxidation sites excluding steroid dienone is 5. The molecule has 0 saturated heterocycles. The van der Waals surface area contributed by atoms with Crippen LogP contribution >= 0.6 is 15.9 Å². The molecule has 0 heterocycles. The minimum Gasteiger partial charge on any atom is -0.289 e. The first kappa shape index (κ1) is 14.1. The highest BCUT2D eigenvalue weighted by atomic mass is 79.9. The summed E-state index contributed by atoms with van der Waals surface area (Å²) >= 11 is 3.48. The Hall–Kier alpha value is -2.52. The molecular weight excluding hydrogens is 350 g/mol. The smallest absolute Gasteiger partial charge is 0.186 e. The number of benzene rings is 2. The molecule has 2 nitrogen and oxygen atoms in total. The number of hydrogen-bond acceptors (Lipinski definition) is 2. The summed E-state index contributed by atoms with van der Waals surface area (Å²) in [6.45, 7) is 0. The number of carbonyl (C=O) groups excluding carboxylic acids is 1. The maximum absolute atomic E-state index is 12.2. The quantitative estimate of drug-likeness (QED) is 0.700. The second-order valence-corrected chi connectivity index (χ2v) is 6.30. The van der Waals surface area contributed by atoms with E-state index in [4.69, 9.17) is 4.99 Å². The first-order valence-corrected chi connectivity index (χ1v) is 8.10. The minimum atomic E-state index is 0.0268. The molecule has 110 valence electrons. The van der Waals surface area contributed by atoms with Crippen LogP contribution < -0.4 is 0 Å². The van der Waals surface area contributed by atoms with Crippen molar-refractivity contribution in [2.75, 3.05) is 0 Å². The van der Waals surface area contributed by atoms with Gasteiger partial charge in [-0.2, -0.15) is 0 Å². The molecule has 0 saturated carbocycles. The number of aliphatic imine (C=N–C) groups is 1. The predicted octanol–water partition coefficient (Wildman–Crippen LogP) is 5.03. The van der Waals surface area contributed by atoms with Gasteiger partial charge < -0.3 is 0 Å². The predicted molar refractivity (Wildman–Crippen MR) is 97.0 cm³/mol. The van der Waals surface area contributed by atoms with E-state index in [9.17, 15) is 4.79 Å². The lowest BCUT2D eigenvalue weighted by Gasteiger charge is -2.22. The first-order chi connectivity index (χ1) is 11.2. The van der Waals surface area contributed by atoms with Crippen LogP contribution in [0.15, 0.2) is 87.4 Å². The third-order valence-corrected chi connectivity index (χ3v) is 4.38. The van der Waals surface area contributed by atoms with Crippen molar-refractivity contribution in [3.05, 3.63) is 93.5 Å². The van der Waals surface area contributed by atoms with E-state index in [1.54, 1.807) is 12.2 Å². The standard InChI is InChI=1S/C20H12BrNO/c21-14-6-3-7-15(12-14)22-20-16-8-2-1-5-13(16)11-18-17(20)9-4-10-19(18)23/h1-12H. The molecule has 0 aromatic heterocycles. The fraction of sp³-hybridized carbons (Fsp3) is 0. The van der Waals surface area contributed by atoms with E-state index in [-0.39, 0.29) is 5.78 Å². The van der Waals surface area contributed by atoms with Crippen molar-refractivity contribution in [1.29, 1.82) is 0 Å². The number of hydrogen-bond donors (Lipinski definition) is 0. The van der Waals surface area contributed by atoms with Crippen molar-refractivity contribution >= 4 is 39.2 Å². The number of nitrogens with zero attached hydrogens (tertiary/aromatic N) is 1. The van der Waals surface area contributed by atoms with Gasteiger partial charge in [0.05, 0.1) is 11.4 Å². The van der Waals surface area contributed by atoms with Gasteiger partial charge in [0.25, 0.3) is 0 Å². The van der Waals surface area contributed by atoms with Crippen molar-refractivity contribution in [3.8, 4) is 0 Å². The highest BCUT2D eigenvalue weighted by molar-refractivity contribution is 9.10. The van der Waals surface area contributed by atoms with Gasteiger partial charge in [-0.3, -0.25) is 4.79 Å². The van der Waals surface area contributed by atoms with E-state index in [1.807, 2.05) is 60.7 Å². The monoisotopic (exact) mass is 361 g/mol. The van der Waals surface area contributed by atoms with Gasteiger partial charge >= 0.3 is 0 Å². The van der Waals surface area contributed by atoms with Gasteiger partial charge in [-0.1, -0.05) is 58.4 Å². The topological polar surface area (TPSA) is 29.4 Å². The number of rotatable bonds is 1. The number of carbonyl (C=O) groups is 1. The van der Waals surface area contributed by atoms with Crippen LogP contribution in [0.3, 0.4) is 0 Å². The van der Waals surface area contributed by atoms with E-state index in [0.717, 1.165) is 32.6 Å². The van der Waals surface area contributed by atoms with E-state index in [2.05, 4.69) is 15.9 Å². The molecular formula is C20H12BrNO. The fourth-order valence-corrected chi connectivity index (χ4v) is 3.22. The summed E-state index contributed by atoms with van der Waals surface area (Å²) in [5.74, 6) is 0.0268. The van der Waals surface area contributed by atoms with E-state index in [1.165, 1.54) is 0 Å². The zero-order valence-corrected chi connectivity index (χ0v) is 13.7. The lowest BCUT2D eigenvalue weighted by atomic mass is 9.82. The van der Waals surface area contributed by atoms with Gasteiger partial charge in [0, 0.05) is 21.2 Å². The molecule has 2 aliphatic rings. The normalized spacial score (nSPS) is 17.4. The molecule has 0 aliphatic heterocycles. The van der Waals surface area contributed by atoms with Gasteiger partial charge in [0.2, 0.25) is 0 Å². The third kappa shape index (κ3) is 2.53. The maximum atomic E-state index is 12.2. The van der Waals surface area contributed by atoms with Crippen molar-refractivity contribution in [2.45, 2.75) is 0 Å². The second-order valence-electron chi connectivity index (χ2n) is 5.39. The van der Waals surface area contributed by atoms with Crippen LogP contribution in [0.2, 0.25) is 0 Å². The van der Waals surface area contributed by atoms with Crippen LogP contribution in [0.4, 0.5) is 5.69 Å². The Labute approximate surface area is 142 Å². The van der Waals surface area contributed by atoms with Gasteiger partial charge in [0.1, 0.15) is 0 Å². The zero-order valence-electron chi connectivity index (χ0n) is 12.2. The molecule has 3 heteroatoms. The van der Waals surface area contributed by atoms with Crippen LogP contribution in [0.25, 0.3) is 6.08 Å². The Morgan fingerprint density at radius 2 is 1.83 bits per heavy atom. The van der Waals surface area contributed by atoms with Crippen LogP contribution in [0.1, 0.15) is 11.1 Å². The van der Waals surface area contributed by atoms with Crippen LogP contribution in [-0.2, 0) is 4.79 Å². The first-order valence-electron chi connectivity index (χ1n) is 7.31. The number of ketones is 1. The van der Waals surface area contributed by atoms with Crippen LogP contribution in [-0.4, -0.2) is 11.5 Å². The third-order valence-electron chi connectivity index (χ3n) is 3.89. The highest BCUT2D eigenvalue weighted by Crippen LogP contribution is 2.33. The summed E-state index contributed by atoms with van der Waals surface area (Å²) < 4.78 is 0.979. The number of fused-ring (bicyclic) bond motifs is 2. The average molecular weight is 362 g/mol. The minimum absolute atomic E-state index is 0.0268. The van der Waals surface area contributed by atoms with Crippen molar-refractivity contribution in [2.24, 2.45) is 4.99 Å². The van der Waals surface area contributed by atoms with Crippen LogP contribution in [0.5, 0.6) is 0 Å². The summed E-state index contributed by atoms with van der Waals surface area (Å²) in [5.41, 5.74) is 5.36. The molecule has 0 amide bonds. The largest absolute Gasteiger partial charge is 0.289 e. The van der Waals surface area contributed by atoms with E-state index >= 15 is 0 Å². The van der Waals surface area contributed by atoms with Gasteiger partial charge in [-0.15, -0.1) is 0 Å². The van der Waals surface area contributed by atoms with E-state index < -0.39 is 0 Å². The molecule has 4 rings (SSSR count). The molecule has 0 bridgehead atoms. The zero-order chi connectivity index (χ0) is 15.8. The lowest BCUT2D eigenvalue weighted by Crippen LogP contribution is -2.19. The molecule has 0 atom stereocenters. The second kappa shape index (κ2) is 5.60. The summed E-state index contributed by atoms with van der Waals surface area (Å²) in [7, 11) is 0. The molecule has 23 heavy (non-hydrogen) atoms. The molecule has 0 spiro atoms. The summed E-state index contributed by atoms with van der Waals surface area (Å²) in [6.07, 6.45) is 7.30. The lowest BCUT2D eigenvalue weighted by molar-refractivity contribution is -0.111. The van der Waals surface area contributed by atoms with Crippen LogP contribution in [0, 0.1) is 0 Å². The Balaban J connectivity index is 1.96. The fourth-order valence-electron chi connectivity index (χ4n) is 2.83. The Bertz CT molecular complexity index is 948.